The highest BCUT2D eigenvalue weighted by Gasteiger charge is 2.25. The van der Waals surface area contributed by atoms with Gasteiger partial charge in [0.05, 0.1) is 0 Å². The van der Waals surface area contributed by atoms with E-state index in [4.69, 9.17) is 9.47 Å². The summed E-state index contributed by atoms with van der Waals surface area (Å²) in [6.07, 6.45) is 0.251. The molecule has 1 aliphatic heterocycles. The van der Waals surface area contributed by atoms with E-state index >= 15 is 0 Å². The first-order valence-electron chi connectivity index (χ1n) is 6.68. The molecule has 21 heavy (non-hydrogen) atoms. The van der Waals surface area contributed by atoms with Gasteiger partial charge in [-0.2, -0.15) is 0 Å². The van der Waals surface area contributed by atoms with E-state index in [1.165, 1.54) is 12.1 Å². The molecule has 108 valence electrons. The Morgan fingerprint density at radius 3 is 2.10 bits per heavy atom. The summed E-state index contributed by atoms with van der Waals surface area (Å²) in [7, 11) is 0. The lowest BCUT2D eigenvalue weighted by Gasteiger charge is -2.11. The third-order valence-electron chi connectivity index (χ3n) is 3.15. The third-order valence-corrected chi connectivity index (χ3v) is 3.15. The van der Waals surface area contributed by atoms with Crippen molar-refractivity contribution in [1.82, 2.24) is 5.32 Å². The highest BCUT2D eigenvalue weighted by Crippen LogP contribution is 2.25. The largest absolute Gasteiger partial charge is 0.481 e. The van der Waals surface area contributed by atoms with Crippen LogP contribution in [0.15, 0.2) is 48.5 Å². The third kappa shape index (κ3) is 3.31. The van der Waals surface area contributed by atoms with Gasteiger partial charge in [0.1, 0.15) is 23.1 Å². The molecule has 0 spiro atoms. The minimum Gasteiger partial charge on any atom is -0.481 e. The zero-order chi connectivity index (χ0) is 14.7. The van der Waals surface area contributed by atoms with Crippen LogP contribution >= 0.6 is 0 Å². The van der Waals surface area contributed by atoms with Crippen LogP contribution < -0.4 is 14.8 Å². The summed E-state index contributed by atoms with van der Waals surface area (Å²) in [6.45, 7) is 0.648. The van der Waals surface area contributed by atoms with Gasteiger partial charge in [0.25, 0.3) is 5.91 Å². The summed E-state index contributed by atoms with van der Waals surface area (Å²) in [4.78, 5) is 11.4. The summed E-state index contributed by atoms with van der Waals surface area (Å²) in [6, 6.07) is 12.8. The van der Waals surface area contributed by atoms with Crippen molar-refractivity contribution in [3.63, 3.8) is 0 Å². The van der Waals surface area contributed by atoms with Gasteiger partial charge in [0.2, 0.25) is 0 Å². The maximum atomic E-state index is 12.8. The molecular formula is C16H14FNO3. The molecule has 5 heteroatoms. The van der Waals surface area contributed by atoms with Crippen molar-refractivity contribution in [2.45, 2.75) is 12.5 Å². The second-order valence-electron chi connectivity index (χ2n) is 4.71. The molecule has 1 N–H and O–H groups in total. The van der Waals surface area contributed by atoms with E-state index in [-0.39, 0.29) is 11.7 Å². The Hall–Kier alpha value is -2.56. The Labute approximate surface area is 121 Å². The average molecular weight is 287 g/mol. The van der Waals surface area contributed by atoms with Crippen LogP contribution in [0.5, 0.6) is 17.2 Å². The number of amides is 1. The first-order chi connectivity index (χ1) is 10.2. The Bertz CT molecular complexity index is 625. The molecule has 1 amide bonds. The average Bonchev–Trinajstić information content (AvgIpc) is 2.89. The maximum absolute atomic E-state index is 12.8. The van der Waals surface area contributed by atoms with Crippen molar-refractivity contribution in [1.29, 1.82) is 0 Å². The molecule has 0 radical (unpaired) electrons. The SMILES string of the molecule is O=C1NCCC1Oc1ccc(Oc2ccc(F)cc2)cc1. The van der Waals surface area contributed by atoms with Crippen LogP contribution in [-0.2, 0) is 4.79 Å². The summed E-state index contributed by atoms with van der Waals surface area (Å²) in [5.74, 6) is 1.40. The maximum Gasteiger partial charge on any atom is 0.261 e. The second-order valence-corrected chi connectivity index (χ2v) is 4.71. The normalized spacial score (nSPS) is 17.4. The molecule has 0 aromatic heterocycles. The van der Waals surface area contributed by atoms with Crippen LogP contribution in [0.25, 0.3) is 0 Å². The van der Waals surface area contributed by atoms with Crippen molar-refractivity contribution < 1.29 is 18.7 Å². The van der Waals surface area contributed by atoms with Crippen LogP contribution in [0, 0.1) is 5.82 Å². The summed E-state index contributed by atoms with van der Waals surface area (Å²) in [5.41, 5.74) is 0. The minimum atomic E-state index is -0.422. The number of hydrogen-bond acceptors (Lipinski definition) is 3. The highest BCUT2D eigenvalue weighted by atomic mass is 19.1. The van der Waals surface area contributed by atoms with E-state index in [0.717, 1.165) is 0 Å². The van der Waals surface area contributed by atoms with Crippen molar-refractivity contribution in [2.24, 2.45) is 0 Å². The van der Waals surface area contributed by atoms with Gasteiger partial charge in [0, 0.05) is 13.0 Å². The number of hydrogen-bond donors (Lipinski definition) is 1. The molecule has 1 saturated heterocycles. The lowest BCUT2D eigenvalue weighted by Crippen LogP contribution is -2.27. The van der Waals surface area contributed by atoms with Gasteiger partial charge in [-0.15, -0.1) is 0 Å². The van der Waals surface area contributed by atoms with Crippen molar-refractivity contribution >= 4 is 5.91 Å². The van der Waals surface area contributed by atoms with Crippen LogP contribution in [0.2, 0.25) is 0 Å². The fourth-order valence-electron chi connectivity index (χ4n) is 2.07. The molecular weight excluding hydrogens is 273 g/mol. The Morgan fingerprint density at radius 1 is 0.952 bits per heavy atom. The molecule has 1 heterocycles. The summed E-state index contributed by atoms with van der Waals surface area (Å²) in [5, 5.41) is 2.72. The summed E-state index contributed by atoms with van der Waals surface area (Å²) >= 11 is 0. The van der Waals surface area contributed by atoms with Gasteiger partial charge in [-0.3, -0.25) is 4.79 Å². The Balaban J connectivity index is 1.63. The number of nitrogens with one attached hydrogen (secondary N) is 1. The van der Waals surface area contributed by atoms with Gasteiger partial charge in [-0.25, -0.2) is 4.39 Å². The second kappa shape index (κ2) is 5.83. The molecule has 4 nitrogen and oxygen atoms in total. The Morgan fingerprint density at radius 2 is 1.52 bits per heavy atom. The molecule has 2 aromatic rings. The smallest absolute Gasteiger partial charge is 0.261 e. The van der Waals surface area contributed by atoms with Gasteiger partial charge in [0.15, 0.2) is 6.10 Å². The first kappa shape index (κ1) is 13.4. The minimum absolute atomic E-state index is 0.0818. The van der Waals surface area contributed by atoms with E-state index in [1.54, 1.807) is 36.4 Å². The predicted molar refractivity (Wildman–Crippen MR) is 75.0 cm³/mol. The molecule has 1 atom stereocenters. The van der Waals surface area contributed by atoms with E-state index in [1.807, 2.05) is 0 Å². The van der Waals surface area contributed by atoms with Gasteiger partial charge in [-0.1, -0.05) is 0 Å². The van der Waals surface area contributed by atoms with Crippen molar-refractivity contribution in [2.75, 3.05) is 6.54 Å². The zero-order valence-electron chi connectivity index (χ0n) is 11.2. The molecule has 2 aromatic carbocycles. The monoisotopic (exact) mass is 287 g/mol. The molecule has 0 aliphatic carbocycles. The van der Waals surface area contributed by atoms with E-state index in [0.29, 0.717) is 30.2 Å². The molecule has 1 fully saturated rings. The molecule has 0 saturated carbocycles. The van der Waals surface area contributed by atoms with Crippen LogP contribution in [0.4, 0.5) is 4.39 Å². The quantitative estimate of drug-likeness (QED) is 0.940. The van der Waals surface area contributed by atoms with Gasteiger partial charge >= 0.3 is 0 Å². The highest BCUT2D eigenvalue weighted by molar-refractivity contribution is 5.83. The topological polar surface area (TPSA) is 47.6 Å². The first-order valence-corrected chi connectivity index (χ1v) is 6.68. The van der Waals surface area contributed by atoms with Gasteiger partial charge < -0.3 is 14.8 Å². The standard InChI is InChI=1S/C16H14FNO3/c17-11-1-3-12(4-2-11)20-13-5-7-14(8-6-13)21-15-9-10-18-16(15)19/h1-8,15H,9-10H2,(H,18,19). The molecule has 1 unspecified atom stereocenters. The van der Waals surface area contributed by atoms with Crippen LogP contribution in [0.1, 0.15) is 6.42 Å². The van der Waals surface area contributed by atoms with Gasteiger partial charge in [-0.05, 0) is 48.5 Å². The fourth-order valence-corrected chi connectivity index (χ4v) is 2.07. The van der Waals surface area contributed by atoms with Crippen LogP contribution in [-0.4, -0.2) is 18.6 Å². The fraction of sp³-hybridized carbons (Fsp3) is 0.188. The molecule has 0 bridgehead atoms. The molecule has 1 aliphatic rings. The lowest BCUT2D eigenvalue weighted by molar-refractivity contribution is -0.124. The number of halogens is 1. The number of carbonyl (C=O) groups excluding carboxylic acids is 1. The van der Waals surface area contributed by atoms with E-state index < -0.39 is 6.10 Å². The number of ether oxygens (including phenoxy) is 2. The van der Waals surface area contributed by atoms with Crippen molar-refractivity contribution in [3.05, 3.63) is 54.3 Å². The van der Waals surface area contributed by atoms with Crippen LogP contribution in [0.3, 0.4) is 0 Å². The number of benzene rings is 2. The number of carbonyl (C=O) groups is 1. The van der Waals surface area contributed by atoms with E-state index in [2.05, 4.69) is 5.32 Å². The lowest BCUT2D eigenvalue weighted by atomic mass is 10.3. The zero-order valence-corrected chi connectivity index (χ0v) is 11.2. The predicted octanol–water partition coefficient (Wildman–Crippen LogP) is 2.89. The summed E-state index contributed by atoms with van der Waals surface area (Å²) < 4.78 is 24.0. The number of rotatable bonds is 4. The van der Waals surface area contributed by atoms with Crippen molar-refractivity contribution in [3.8, 4) is 17.2 Å². The van der Waals surface area contributed by atoms with E-state index in [9.17, 15) is 9.18 Å². The molecule has 3 rings (SSSR count). The Kier molecular flexibility index (Phi) is 3.73.